The van der Waals surface area contributed by atoms with Crippen molar-refractivity contribution in [2.24, 2.45) is 0 Å². The largest absolute Gasteiger partial charge is 0.351 e. The lowest BCUT2D eigenvalue weighted by Crippen LogP contribution is -2.31. The summed E-state index contributed by atoms with van der Waals surface area (Å²) in [5.74, 6) is -0.968. The second kappa shape index (κ2) is 10.6. The highest BCUT2D eigenvalue weighted by atomic mass is 35.5. The Hall–Kier alpha value is -4.28. The number of carbonyl (C=O) groups is 1. The fourth-order valence-electron chi connectivity index (χ4n) is 3.92. The van der Waals surface area contributed by atoms with Crippen molar-refractivity contribution >= 4 is 44.3 Å². The molecule has 0 saturated carbocycles. The number of fused-ring (bicyclic) bond motifs is 1. The van der Waals surface area contributed by atoms with Crippen molar-refractivity contribution in [1.29, 1.82) is 0 Å². The number of aromatic nitrogens is 3. The molecule has 0 spiro atoms. The molecule has 0 saturated heterocycles. The monoisotopic (exact) mass is 549 g/mol. The lowest BCUT2D eigenvalue weighted by Gasteiger charge is -2.09. The first-order valence-corrected chi connectivity index (χ1v) is 13.6. The summed E-state index contributed by atoms with van der Waals surface area (Å²) in [6.07, 6.45) is 1.48. The average molecular weight is 550 g/mol. The third-order valence-corrected chi connectivity index (χ3v) is 7.32. The van der Waals surface area contributed by atoms with Crippen molar-refractivity contribution < 1.29 is 17.6 Å². The molecule has 0 fully saturated rings. The van der Waals surface area contributed by atoms with Crippen LogP contribution in [-0.4, -0.2) is 41.4 Å². The maximum atomic E-state index is 13.6. The SMILES string of the molecule is O=C(NCCS(=O)(=O)Nc1ccccn1)c1ccc2c(-c3ccccc3Cl)nn(-c3ccc(F)cc3)c2c1. The molecule has 0 unspecified atom stereocenters. The van der Waals surface area contributed by atoms with E-state index in [0.29, 0.717) is 33.0 Å². The molecule has 0 aliphatic carbocycles. The lowest BCUT2D eigenvalue weighted by atomic mass is 10.1. The Kier molecular flexibility index (Phi) is 7.08. The van der Waals surface area contributed by atoms with Crippen molar-refractivity contribution in [3.63, 3.8) is 0 Å². The van der Waals surface area contributed by atoms with Gasteiger partial charge in [0, 0.05) is 29.3 Å². The highest BCUT2D eigenvalue weighted by molar-refractivity contribution is 7.92. The molecule has 0 aliphatic rings. The van der Waals surface area contributed by atoms with Crippen LogP contribution in [-0.2, 0) is 10.0 Å². The summed E-state index contributed by atoms with van der Waals surface area (Å²) in [6, 6.07) is 23.0. The molecule has 8 nitrogen and oxygen atoms in total. The number of rotatable bonds is 8. The van der Waals surface area contributed by atoms with Gasteiger partial charge in [0.25, 0.3) is 5.91 Å². The van der Waals surface area contributed by atoms with Gasteiger partial charge in [-0.2, -0.15) is 5.10 Å². The molecule has 192 valence electrons. The van der Waals surface area contributed by atoms with E-state index in [-0.39, 0.29) is 23.9 Å². The molecule has 2 aromatic heterocycles. The van der Waals surface area contributed by atoms with Gasteiger partial charge in [0.15, 0.2) is 0 Å². The molecule has 1 amide bonds. The van der Waals surface area contributed by atoms with Crippen molar-refractivity contribution in [2.75, 3.05) is 17.0 Å². The number of sulfonamides is 1. The van der Waals surface area contributed by atoms with Gasteiger partial charge in [0.1, 0.15) is 17.3 Å². The molecule has 3 aromatic carbocycles. The number of nitrogens with one attached hydrogen (secondary N) is 2. The van der Waals surface area contributed by atoms with E-state index in [9.17, 15) is 17.6 Å². The summed E-state index contributed by atoms with van der Waals surface area (Å²) in [5, 5.41) is 8.63. The second-order valence-electron chi connectivity index (χ2n) is 8.34. The number of hydrogen-bond donors (Lipinski definition) is 2. The summed E-state index contributed by atoms with van der Waals surface area (Å²) in [6.45, 7) is -0.110. The fourth-order valence-corrected chi connectivity index (χ4v) is 5.06. The van der Waals surface area contributed by atoms with Gasteiger partial charge in [-0.25, -0.2) is 22.5 Å². The summed E-state index contributed by atoms with van der Waals surface area (Å²) in [5.41, 5.74) is 2.82. The van der Waals surface area contributed by atoms with Crippen LogP contribution in [0.25, 0.3) is 27.8 Å². The van der Waals surface area contributed by atoms with Crippen LogP contribution >= 0.6 is 11.6 Å². The van der Waals surface area contributed by atoms with Crippen molar-refractivity contribution in [3.8, 4) is 16.9 Å². The highest BCUT2D eigenvalue weighted by Gasteiger charge is 2.18. The normalized spacial score (nSPS) is 11.4. The van der Waals surface area contributed by atoms with Crippen LogP contribution < -0.4 is 10.0 Å². The Balaban J connectivity index is 1.42. The zero-order chi connectivity index (χ0) is 26.7. The van der Waals surface area contributed by atoms with Crippen LogP contribution in [0.4, 0.5) is 10.2 Å². The predicted molar refractivity (Wildman–Crippen MR) is 145 cm³/mol. The maximum absolute atomic E-state index is 13.6. The molecule has 0 bridgehead atoms. The van der Waals surface area contributed by atoms with Gasteiger partial charge in [0.05, 0.1) is 22.0 Å². The van der Waals surface area contributed by atoms with Crippen LogP contribution in [0.5, 0.6) is 0 Å². The number of amides is 1. The smallest absolute Gasteiger partial charge is 0.251 e. The van der Waals surface area contributed by atoms with Crippen LogP contribution in [0.1, 0.15) is 10.4 Å². The van der Waals surface area contributed by atoms with Crippen LogP contribution in [0.3, 0.4) is 0 Å². The van der Waals surface area contributed by atoms with Crippen molar-refractivity contribution in [1.82, 2.24) is 20.1 Å². The van der Waals surface area contributed by atoms with E-state index in [1.807, 2.05) is 18.2 Å². The zero-order valence-electron chi connectivity index (χ0n) is 19.8. The standard InChI is InChI=1S/C27H21ClFN5O3S/c28-23-6-2-1-5-21(23)26-22-13-8-18(17-24(22)34(32-26)20-11-9-19(29)10-12-20)27(35)31-15-16-38(36,37)33-25-7-3-4-14-30-25/h1-14,17H,15-16H2,(H,30,33)(H,31,35). The van der Waals surface area contributed by atoms with Crippen LogP contribution in [0, 0.1) is 5.82 Å². The van der Waals surface area contributed by atoms with Gasteiger partial charge in [-0.15, -0.1) is 0 Å². The quantitative estimate of drug-likeness (QED) is 0.282. The Labute approximate surface area is 223 Å². The predicted octanol–water partition coefficient (Wildman–Crippen LogP) is 5.05. The Morgan fingerprint density at radius 1 is 0.974 bits per heavy atom. The molecule has 5 aromatic rings. The molecular formula is C27H21ClFN5O3S. The topological polar surface area (TPSA) is 106 Å². The number of carbonyl (C=O) groups excluding carboxylic acids is 1. The zero-order valence-corrected chi connectivity index (χ0v) is 21.4. The van der Waals surface area contributed by atoms with E-state index in [0.717, 1.165) is 5.39 Å². The summed E-state index contributed by atoms with van der Waals surface area (Å²) in [4.78, 5) is 16.9. The van der Waals surface area contributed by atoms with E-state index in [1.54, 1.807) is 53.2 Å². The summed E-state index contributed by atoms with van der Waals surface area (Å²) >= 11 is 6.44. The molecular weight excluding hydrogens is 529 g/mol. The van der Waals surface area contributed by atoms with Gasteiger partial charge < -0.3 is 5.32 Å². The van der Waals surface area contributed by atoms with Crippen molar-refractivity contribution in [3.05, 3.63) is 108 Å². The summed E-state index contributed by atoms with van der Waals surface area (Å²) in [7, 11) is -3.71. The van der Waals surface area contributed by atoms with E-state index in [2.05, 4.69) is 15.0 Å². The first kappa shape index (κ1) is 25.4. The molecule has 0 aliphatic heterocycles. The first-order chi connectivity index (χ1) is 18.3. The minimum absolute atomic E-state index is 0.110. The highest BCUT2D eigenvalue weighted by Crippen LogP contribution is 2.34. The molecule has 0 radical (unpaired) electrons. The molecule has 2 heterocycles. The van der Waals surface area contributed by atoms with Crippen molar-refractivity contribution in [2.45, 2.75) is 0 Å². The maximum Gasteiger partial charge on any atom is 0.251 e. The Morgan fingerprint density at radius 2 is 1.74 bits per heavy atom. The minimum Gasteiger partial charge on any atom is -0.351 e. The molecule has 0 atom stereocenters. The van der Waals surface area contributed by atoms with E-state index < -0.39 is 15.9 Å². The number of pyridine rings is 1. The summed E-state index contributed by atoms with van der Waals surface area (Å²) < 4.78 is 42.2. The van der Waals surface area contributed by atoms with Gasteiger partial charge in [-0.3, -0.25) is 9.52 Å². The molecule has 5 rings (SSSR count). The third kappa shape index (κ3) is 5.51. The number of halogens is 2. The van der Waals surface area contributed by atoms with E-state index in [4.69, 9.17) is 16.7 Å². The van der Waals surface area contributed by atoms with E-state index in [1.165, 1.54) is 24.4 Å². The van der Waals surface area contributed by atoms with Crippen LogP contribution in [0.15, 0.2) is 91.1 Å². The van der Waals surface area contributed by atoms with Gasteiger partial charge in [0.2, 0.25) is 10.0 Å². The Bertz CT molecular complexity index is 1730. The number of hydrogen-bond acceptors (Lipinski definition) is 5. The molecule has 38 heavy (non-hydrogen) atoms. The Morgan fingerprint density at radius 3 is 2.47 bits per heavy atom. The van der Waals surface area contributed by atoms with Gasteiger partial charge in [-0.1, -0.05) is 35.9 Å². The third-order valence-electron chi connectivity index (χ3n) is 5.72. The van der Waals surface area contributed by atoms with Gasteiger partial charge >= 0.3 is 0 Å². The lowest BCUT2D eigenvalue weighted by molar-refractivity contribution is 0.0956. The fraction of sp³-hybridized carbons (Fsp3) is 0.0741. The molecule has 2 N–H and O–H groups in total. The second-order valence-corrected chi connectivity index (χ2v) is 10.6. The molecule has 11 heteroatoms. The average Bonchev–Trinajstić information content (AvgIpc) is 3.28. The minimum atomic E-state index is -3.71. The number of nitrogens with zero attached hydrogens (tertiary/aromatic N) is 3. The number of benzene rings is 3. The van der Waals surface area contributed by atoms with Crippen LogP contribution in [0.2, 0.25) is 5.02 Å². The number of anilines is 1. The first-order valence-electron chi connectivity index (χ1n) is 11.5. The van der Waals surface area contributed by atoms with Gasteiger partial charge in [-0.05, 0) is 60.7 Å². The van der Waals surface area contributed by atoms with E-state index >= 15 is 0 Å².